The lowest BCUT2D eigenvalue weighted by Crippen LogP contribution is -1.88. The molecule has 106 valence electrons. The van der Waals surface area contributed by atoms with Gasteiger partial charge in [-0.15, -0.1) is 11.8 Å². The first-order valence-corrected chi connectivity index (χ1v) is 7.43. The van der Waals surface area contributed by atoms with Gasteiger partial charge in [-0.3, -0.25) is 0 Å². The molecule has 21 heavy (non-hydrogen) atoms. The standard InChI is InChI=1S/C15H14N4OS/c1-10-2-4-11(5-3-10)15-18-14(20-19-15)9-21-12-6-7-13(16)17-8-12/h2-8H,9H2,1H3,(H2,16,17). The van der Waals surface area contributed by atoms with E-state index < -0.39 is 0 Å². The van der Waals surface area contributed by atoms with Crippen molar-refractivity contribution in [3.63, 3.8) is 0 Å². The maximum atomic E-state index is 5.55. The van der Waals surface area contributed by atoms with Crippen LogP contribution >= 0.6 is 11.8 Å². The number of aryl methyl sites for hydroxylation is 1. The number of nitrogen functional groups attached to an aromatic ring is 1. The highest BCUT2D eigenvalue weighted by molar-refractivity contribution is 7.98. The molecule has 2 N–H and O–H groups in total. The molecule has 0 aliphatic heterocycles. The van der Waals surface area contributed by atoms with Crippen LogP contribution in [-0.2, 0) is 5.75 Å². The first kappa shape index (κ1) is 13.6. The fourth-order valence-electron chi connectivity index (χ4n) is 1.76. The Morgan fingerprint density at radius 2 is 1.95 bits per heavy atom. The first-order valence-electron chi connectivity index (χ1n) is 6.45. The second-order valence-corrected chi connectivity index (χ2v) is 5.63. The Morgan fingerprint density at radius 1 is 1.14 bits per heavy atom. The molecule has 5 nitrogen and oxygen atoms in total. The molecule has 1 aromatic carbocycles. The lowest BCUT2D eigenvalue weighted by Gasteiger charge is -1.97. The summed E-state index contributed by atoms with van der Waals surface area (Å²) in [5.41, 5.74) is 7.71. The first-order chi connectivity index (χ1) is 10.2. The molecule has 6 heteroatoms. The molecule has 3 rings (SSSR count). The van der Waals surface area contributed by atoms with Crippen LogP contribution in [0.2, 0.25) is 0 Å². The summed E-state index contributed by atoms with van der Waals surface area (Å²) in [6.45, 7) is 2.04. The largest absolute Gasteiger partial charge is 0.384 e. The van der Waals surface area contributed by atoms with Crippen molar-refractivity contribution in [2.75, 3.05) is 5.73 Å². The fourth-order valence-corrected chi connectivity index (χ4v) is 2.45. The van der Waals surface area contributed by atoms with E-state index in [2.05, 4.69) is 15.1 Å². The van der Waals surface area contributed by atoms with Gasteiger partial charge in [0.2, 0.25) is 11.7 Å². The van der Waals surface area contributed by atoms with E-state index in [4.69, 9.17) is 10.3 Å². The van der Waals surface area contributed by atoms with Crippen LogP contribution in [0.1, 0.15) is 11.5 Å². The van der Waals surface area contributed by atoms with Crippen LogP contribution in [0.4, 0.5) is 5.82 Å². The van der Waals surface area contributed by atoms with E-state index in [-0.39, 0.29) is 0 Å². The van der Waals surface area contributed by atoms with Crippen molar-refractivity contribution < 1.29 is 4.52 Å². The van der Waals surface area contributed by atoms with Gasteiger partial charge in [0.1, 0.15) is 5.82 Å². The molecule has 0 spiro atoms. The van der Waals surface area contributed by atoms with Crippen molar-refractivity contribution in [2.45, 2.75) is 17.6 Å². The third-order valence-electron chi connectivity index (χ3n) is 2.90. The summed E-state index contributed by atoms with van der Waals surface area (Å²) in [5, 5.41) is 4.01. The average Bonchev–Trinajstić information content (AvgIpc) is 2.96. The van der Waals surface area contributed by atoms with E-state index in [1.54, 1.807) is 24.0 Å². The highest BCUT2D eigenvalue weighted by Crippen LogP contribution is 2.23. The zero-order chi connectivity index (χ0) is 14.7. The van der Waals surface area contributed by atoms with E-state index in [0.717, 1.165) is 10.5 Å². The number of nitrogens with zero attached hydrogens (tertiary/aromatic N) is 3. The van der Waals surface area contributed by atoms with E-state index >= 15 is 0 Å². The minimum atomic E-state index is 0.513. The molecule has 0 atom stereocenters. The highest BCUT2D eigenvalue weighted by atomic mass is 32.2. The van der Waals surface area contributed by atoms with Crippen LogP contribution in [0.15, 0.2) is 52.0 Å². The Bertz CT molecular complexity index is 722. The molecular weight excluding hydrogens is 284 g/mol. The number of nitrogens with two attached hydrogens (primary N) is 1. The predicted octanol–water partition coefficient (Wildman–Crippen LogP) is 3.31. The second-order valence-electron chi connectivity index (χ2n) is 4.59. The normalized spacial score (nSPS) is 10.7. The van der Waals surface area contributed by atoms with E-state index in [1.807, 2.05) is 37.3 Å². The third kappa shape index (κ3) is 3.41. The zero-order valence-electron chi connectivity index (χ0n) is 11.5. The van der Waals surface area contributed by atoms with Crippen molar-refractivity contribution in [3.05, 3.63) is 54.0 Å². The second kappa shape index (κ2) is 5.97. The van der Waals surface area contributed by atoms with Crippen LogP contribution in [-0.4, -0.2) is 15.1 Å². The summed E-state index contributed by atoms with van der Waals surface area (Å²) in [6, 6.07) is 11.7. The van der Waals surface area contributed by atoms with Gasteiger partial charge in [-0.25, -0.2) is 4.98 Å². The quantitative estimate of drug-likeness (QED) is 0.744. The van der Waals surface area contributed by atoms with Gasteiger partial charge < -0.3 is 10.3 Å². The molecule has 0 fully saturated rings. The molecule has 0 unspecified atom stereocenters. The topological polar surface area (TPSA) is 77.8 Å². The fraction of sp³-hybridized carbons (Fsp3) is 0.133. The molecule has 2 aromatic heterocycles. The summed E-state index contributed by atoms with van der Waals surface area (Å²) in [7, 11) is 0. The van der Waals surface area contributed by atoms with Gasteiger partial charge in [0.15, 0.2) is 0 Å². The van der Waals surface area contributed by atoms with Gasteiger partial charge in [-0.05, 0) is 19.1 Å². The molecule has 0 bridgehead atoms. The van der Waals surface area contributed by atoms with E-state index in [9.17, 15) is 0 Å². The monoisotopic (exact) mass is 298 g/mol. The van der Waals surface area contributed by atoms with Gasteiger partial charge in [0.05, 0.1) is 5.75 Å². The van der Waals surface area contributed by atoms with E-state index in [1.165, 1.54) is 5.56 Å². The number of anilines is 1. The summed E-state index contributed by atoms with van der Waals surface area (Å²) in [4.78, 5) is 9.46. The molecule has 0 radical (unpaired) electrons. The molecule has 0 saturated carbocycles. The van der Waals surface area contributed by atoms with Crippen molar-refractivity contribution in [2.24, 2.45) is 0 Å². The summed E-state index contributed by atoms with van der Waals surface area (Å²) < 4.78 is 5.27. The predicted molar refractivity (Wildman–Crippen MR) is 82.7 cm³/mol. The Morgan fingerprint density at radius 3 is 2.67 bits per heavy atom. The molecule has 0 saturated heterocycles. The number of aromatic nitrogens is 3. The Balaban J connectivity index is 1.67. The van der Waals surface area contributed by atoms with Gasteiger partial charge in [0, 0.05) is 16.7 Å². The van der Waals surface area contributed by atoms with Crippen molar-refractivity contribution in [1.29, 1.82) is 0 Å². The van der Waals surface area contributed by atoms with Crippen molar-refractivity contribution in [3.8, 4) is 11.4 Å². The van der Waals surface area contributed by atoms with Gasteiger partial charge in [-0.1, -0.05) is 35.0 Å². The van der Waals surface area contributed by atoms with Crippen LogP contribution < -0.4 is 5.73 Å². The van der Waals surface area contributed by atoms with Gasteiger partial charge in [0.25, 0.3) is 0 Å². The summed E-state index contributed by atoms with van der Waals surface area (Å²) >= 11 is 1.58. The van der Waals surface area contributed by atoms with Crippen LogP contribution in [0.3, 0.4) is 0 Å². The number of pyridine rings is 1. The molecule has 3 aromatic rings. The summed E-state index contributed by atoms with van der Waals surface area (Å²) in [6.07, 6.45) is 1.73. The molecule has 0 amide bonds. The number of thioether (sulfide) groups is 1. The lowest BCUT2D eigenvalue weighted by molar-refractivity contribution is 0.391. The average molecular weight is 298 g/mol. The van der Waals surface area contributed by atoms with Gasteiger partial charge in [-0.2, -0.15) is 4.98 Å². The minimum Gasteiger partial charge on any atom is -0.384 e. The highest BCUT2D eigenvalue weighted by Gasteiger charge is 2.09. The van der Waals surface area contributed by atoms with Crippen LogP contribution in [0.5, 0.6) is 0 Å². The Kier molecular flexibility index (Phi) is 3.87. The third-order valence-corrected chi connectivity index (χ3v) is 3.87. The number of benzene rings is 1. The molecule has 0 aliphatic rings. The Labute approximate surface area is 126 Å². The molecular formula is C15H14N4OS. The van der Waals surface area contributed by atoms with Gasteiger partial charge >= 0.3 is 0 Å². The van der Waals surface area contributed by atoms with Crippen molar-refractivity contribution in [1.82, 2.24) is 15.1 Å². The lowest BCUT2D eigenvalue weighted by atomic mass is 10.1. The smallest absolute Gasteiger partial charge is 0.237 e. The Hall–Kier alpha value is -2.34. The zero-order valence-corrected chi connectivity index (χ0v) is 12.3. The minimum absolute atomic E-state index is 0.513. The number of hydrogen-bond donors (Lipinski definition) is 1. The number of rotatable bonds is 4. The molecule has 2 heterocycles. The number of hydrogen-bond acceptors (Lipinski definition) is 6. The van der Waals surface area contributed by atoms with E-state index in [0.29, 0.717) is 23.3 Å². The SMILES string of the molecule is Cc1ccc(-c2noc(CSc3ccc(N)nc3)n2)cc1. The maximum absolute atomic E-state index is 5.55. The van der Waals surface area contributed by atoms with Crippen LogP contribution in [0, 0.1) is 6.92 Å². The van der Waals surface area contributed by atoms with Crippen LogP contribution in [0.25, 0.3) is 11.4 Å². The maximum Gasteiger partial charge on any atom is 0.237 e. The summed E-state index contributed by atoms with van der Waals surface area (Å²) in [5.74, 6) is 2.32. The molecule has 0 aliphatic carbocycles. The van der Waals surface area contributed by atoms with Crippen molar-refractivity contribution >= 4 is 17.6 Å².